The van der Waals surface area contributed by atoms with Crippen LogP contribution < -0.4 is 9.47 Å². The minimum Gasteiger partial charge on any atom is -0.497 e. The molecule has 32 heavy (non-hydrogen) atoms. The molecule has 0 amide bonds. The smallest absolute Gasteiger partial charge is 0.472 e. The van der Waals surface area contributed by atoms with E-state index < -0.39 is 41.2 Å². The van der Waals surface area contributed by atoms with Gasteiger partial charge in [0.2, 0.25) is 0 Å². The van der Waals surface area contributed by atoms with Gasteiger partial charge in [-0.15, -0.1) is 0 Å². The predicted molar refractivity (Wildman–Crippen MR) is 87.9 cm³/mol. The van der Waals surface area contributed by atoms with Crippen LogP contribution in [0.25, 0.3) is 11.1 Å². The van der Waals surface area contributed by atoms with Crippen molar-refractivity contribution in [1.29, 1.82) is 0 Å². The second kappa shape index (κ2) is 8.48. The van der Waals surface area contributed by atoms with Crippen LogP contribution in [0.15, 0.2) is 48.5 Å². The van der Waals surface area contributed by atoms with E-state index in [0.29, 0.717) is 16.9 Å². The van der Waals surface area contributed by atoms with Crippen LogP contribution in [0.4, 0.5) is 43.9 Å². The summed E-state index contributed by atoms with van der Waals surface area (Å²) in [5, 5.41) is 0. The molecule has 0 heterocycles. The number of nitrogens with zero attached hydrogens (tertiary/aromatic N) is 1. The molecule has 176 valence electrons. The van der Waals surface area contributed by atoms with Gasteiger partial charge in [-0.05, 0) is 35.4 Å². The van der Waals surface area contributed by atoms with Crippen LogP contribution in [-0.2, 0) is 4.79 Å². The Labute approximate surface area is 172 Å². The molecule has 0 N–H and O–H groups in total. The maximum absolute atomic E-state index is 13.7. The Morgan fingerprint density at radius 2 is 1.06 bits per heavy atom. The molecule has 0 aliphatic heterocycles. The number of ether oxygens (including phenoxy) is 2. The van der Waals surface area contributed by atoms with Gasteiger partial charge >= 0.3 is 30.5 Å². The minimum absolute atomic E-state index is 0.421. The molecule has 0 aliphatic carbocycles. The van der Waals surface area contributed by atoms with Gasteiger partial charge in [0.15, 0.2) is 0 Å². The quantitative estimate of drug-likeness (QED) is 0.226. The van der Waals surface area contributed by atoms with E-state index in [1.165, 1.54) is 19.2 Å². The Morgan fingerprint density at radius 3 is 1.41 bits per heavy atom. The van der Waals surface area contributed by atoms with E-state index >= 15 is 0 Å². The summed E-state index contributed by atoms with van der Waals surface area (Å²) in [7, 11) is 1.42. The van der Waals surface area contributed by atoms with Gasteiger partial charge in [-0.2, -0.15) is 43.9 Å². The molecule has 0 aromatic heterocycles. The lowest BCUT2D eigenvalue weighted by Gasteiger charge is -2.36. The minimum atomic E-state index is -7.04. The summed E-state index contributed by atoms with van der Waals surface area (Å²) in [6, 6.07) is 3.28. The van der Waals surface area contributed by atoms with Gasteiger partial charge in [0.1, 0.15) is 11.5 Å². The van der Waals surface area contributed by atoms with Crippen molar-refractivity contribution >= 4 is 5.97 Å². The monoisotopic (exact) mass is 479 g/mol. The van der Waals surface area contributed by atoms with Crippen LogP contribution >= 0.6 is 0 Å². The Morgan fingerprint density at radius 1 is 0.688 bits per heavy atom. The first-order valence-corrected chi connectivity index (χ1v) is 8.18. The molecule has 0 radical (unpaired) electrons. The van der Waals surface area contributed by atoms with Crippen LogP contribution in [0.2, 0.25) is 0 Å². The molecule has 0 fully saturated rings. The summed E-state index contributed by atoms with van der Waals surface area (Å²) >= 11 is 0. The molecule has 14 heteroatoms. The van der Waals surface area contributed by atoms with Gasteiger partial charge in [0.25, 0.3) is 0 Å². The third-order valence-corrected chi connectivity index (χ3v) is 3.91. The van der Waals surface area contributed by atoms with Crippen molar-refractivity contribution in [2.24, 2.45) is 0 Å². The standard InChI is InChI=1S/C18H11F10NO3/c1-31-12-6-2-10(3-7-12)11-4-8-13(9-5-11)32-14(30)15(19,20)16(21,22)29(17(23,24)25)18(26,27)28/h2-9H,1H3. The average Bonchev–Trinajstić information content (AvgIpc) is 2.65. The number of halogens is 10. The van der Waals surface area contributed by atoms with E-state index in [4.69, 9.17) is 4.74 Å². The van der Waals surface area contributed by atoms with E-state index in [-0.39, 0.29) is 0 Å². The number of hydrogen-bond donors (Lipinski definition) is 0. The van der Waals surface area contributed by atoms with Crippen molar-refractivity contribution in [2.75, 3.05) is 7.11 Å². The molecule has 0 atom stereocenters. The largest absolute Gasteiger partial charge is 0.497 e. The van der Waals surface area contributed by atoms with Gasteiger partial charge in [-0.3, -0.25) is 0 Å². The number of methoxy groups -OCH3 is 1. The lowest BCUT2D eigenvalue weighted by Crippen LogP contribution is -2.67. The number of carbonyl (C=O) groups is 1. The Kier molecular flexibility index (Phi) is 6.69. The normalized spacial score (nSPS) is 13.2. The van der Waals surface area contributed by atoms with Gasteiger partial charge < -0.3 is 9.47 Å². The first kappa shape index (κ1) is 25.2. The number of alkyl halides is 10. The van der Waals surface area contributed by atoms with Crippen molar-refractivity contribution in [1.82, 2.24) is 4.90 Å². The zero-order chi connectivity index (χ0) is 24.5. The molecule has 0 unspecified atom stereocenters. The summed E-state index contributed by atoms with van der Waals surface area (Å²) in [6.45, 7) is 0. The molecule has 4 nitrogen and oxygen atoms in total. The van der Waals surface area contributed by atoms with Crippen LogP contribution in [-0.4, -0.2) is 42.5 Å². The summed E-state index contributed by atoms with van der Waals surface area (Å²) in [6.07, 6.45) is -14.0. The van der Waals surface area contributed by atoms with Crippen LogP contribution in [0.1, 0.15) is 0 Å². The van der Waals surface area contributed by atoms with E-state index in [1.54, 1.807) is 24.3 Å². The van der Waals surface area contributed by atoms with Gasteiger partial charge in [0.05, 0.1) is 7.11 Å². The molecule has 0 spiro atoms. The molecule has 0 saturated carbocycles. The maximum atomic E-state index is 13.7. The zero-order valence-corrected chi connectivity index (χ0v) is 15.6. The zero-order valence-electron chi connectivity index (χ0n) is 15.6. The van der Waals surface area contributed by atoms with Crippen molar-refractivity contribution in [3.05, 3.63) is 48.5 Å². The topological polar surface area (TPSA) is 38.8 Å². The van der Waals surface area contributed by atoms with Crippen molar-refractivity contribution in [2.45, 2.75) is 24.6 Å². The van der Waals surface area contributed by atoms with Crippen molar-refractivity contribution < 1.29 is 58.2 Å². The van der Waals surface area contributed by atoms with Crippen molar-refractivity contribution in [3.8, 4) is 22.6 Å². The predicted octanol–water partition coefficient (Wildman–Crippen LogP) is 5.84. The molecule has 0 bridgehead atoms. The van der Waals surface area contributed by atoms with E-state index in [0.717, 1.165) is 12.1 Å². The second-order valence-electron chi connectivity index (χ2n) is 6.03. The van der Waals surface area contributed by atoms with Crippen molar-refractivity contribution in [3.63, 3.8) is 0 Å². The fourth-order valence-corrected chi connectivity index (χ4v) is 2.40. The highest BCUT2D eigenvalue weighted by atomic mass is 19.4. The number of carbonyl (C=O) groups excluding carboxylic acids is 1. The fourth-order valence-electron chi connectivity index (χ4n) is 2.40. The fraction of sp³-hybridized carbons (Fsp3) is 0.278. The number of esters is 1. The summed E-state index contributed by atoms with van der Waals surface area (Å²) < 4.78 is 138. The number of benzene rings is 2. The van der Waals surface area contributed by atoms with Gasteiger partial charge in [-0.25, -0.2) is 4.79 Å². The third kappa shape index (κ3) is 5.06. The summed E-state index contributed by atoms with van der Waals surface area (Å²) in [5.41, 5.74) is 0.983. The molecule has 2 rings (SSSR count). The highest BCUT2D eigenvalue weighted by molar-refractivity contribution is 5.81. The van der Waals surface area contributed by atoms with E-state index in [2.05, 4.69) is 4.74 Å². The SMILES string of the molecule is COc1ccc(-c2ccc(OC(=O)C(F)(F)C(F)(F)N(C(F)(F)F)C(F)(F)F)cc2)cc1. The van der Waals surface area contributed by atoms with Crippen LogP contribution in [0, 0.1) is 0 Å². The van der Waals surface area contributed by atoms with E-state index in [9.17, 15) is 48.7 Å². The van der Waals surface area contributed by atoms with E-state index in [1.807, 2.05) is 0 Å². The Balaban J connectivity index is 2.26. The third-order valence-electron chi connectivity index (χ3n) is 3.91. The highest BCUT2D eigenvalue weighted by Crippen LogP contribution is 2.48. The lowest BCUT2D eigenvalue weighted by molar-refractivity contribution is -0.463. The number of hydrogen-bond acceptors (Lipinski definition) is 4. The average molecular weight is 479 g/mol. The number of rotatable bonds is 6. The molecular weight excluding hydrogens is 468 g/mol. The molecule has 2 aromatic rings. The Hall–Kier alpha value is -3.03. The highest BCUT2D eigenvalue weighted by Gasteiger charge is 2.78. The lowest BCUT2D eigenvalue weighted by atomic mass is 10.1. The molecular formula is C18H11F10NO3. The second-order valence-corrected chi connectivity index (χ2v) is 6.03. The Bertz CT molecular complexity index is 923. The first-order valence-electron chi connectivity index (χ1n) is 8.18. The van der Waals surface area contributed by atoms with Crippen LogP contribution in [0.5, 0.6) is 11.5 Å². The van der Waals surface area contributed by atoms with Crippen LogP contribution in [0.3, 0.4) is 0 Å². The molecule has 0 saturated heterocycles. The summed E-state index contributed by atoms with van der Waals surface area (Å²) in [5.74, 6) is -10.2. The van der Waals surface area contributed by atoms with Gasteiger partial charge in [0, 0.05) is 0 Å². The van der Waals surface area contributed by atoms with Gasteiger partial charge in [-0.1, -0.05) is 29.2 Å². The maximum Gasteiger partial charge on any atom is 0.472 e. The summed E-state index contributed by atoms with van der Waals surface area (Å²) in [4.78, 5) is 7.77. The molecule has 2 aromatic carbocycles. The molecule has 0 aliphatic rings. The first-order chi connectivity index (χ1) is 14.5.